The molecule has 5 aliphatic rings. The maximum absolute atomic E-state index is 12.5. The highest BCUT2D eigenvalue weighted by atomic mass is 32.1. The summed E-state index contributed by atoms with van der Waals surface area (Å²) in [7, 11) is 3.68. The molecule has 3 aromatic rings. The number of amides is 2. The van der Waals surface area contributed by atoms with E-state index in [4.69, 9.17) is 4.74 Å². The van der Waals surface area contributed by atoms with Gasteiger partial charge in [0.25, 0.3) is 0 Å². The van der Waals surface area contributed by atoms with Crippen LogP contribution in [0.25, 0.3) is 17.0 Å². The summed E-state index contributed by atoms with van der Waals surface area (Å²) in [6.07, 6.45) is 5.18. The van der Waals surface area contributed by atoms with Crippen molar-refractivity contribution in [2.24, 2.45) is 5.41 Å². The number of thiophene rings is 1. The van der Waals surface area contributed by atoms with Crippen molar-refractivity contribution < 1.29 is 19.4 Å². The maximum atomic E-state index is 12.5. The largest absolute Gasteiger partial charge is 0.507 e. The van der Waals surface area contributed by atoms with E-state index in [0.717, 1.165) is 83.1 Å². The van der Waals surface area contributed by atoms with Crippen molar-refractivity contribution in [2.45, 2.75) is 44.8 Å². The average Bonchev–Trinajstić information content (AvgIpc) is 3.68. The lowest BCUT2D eigenvalue weighted by atomic mass is 9.71. The minimum Gasteiger partial charge on any atom is -0.507 e. The smallest absolute Gasteiger partial charge is 0.249 e. The molecule has 10 heteroatoms. The number of piperidine rings is 2. The highest BCUT2D eigenvalue weighted by Gasteiger charge is 2.45. The molecular formula is C38H41N5O4S. The topological polar surface area (TPSA) is 88.6 Å². The number of carbonyl (C=O) groups is 2. The number of phenolic OH excluding ortho intramolecular Hbond substituents is 1. The van der Waals surface area contributed by atoms with Gasteiger partial charge in [-0.3, -0.25) is 19.8 Å². The number of nitrogens with zero attached hydrogens (tertiary/aromatic N) is 4. The van der Waals surface area contributed by atoms with Gasteiger partial charge in [-0.1, -0.05) is 19.2 Å². The summed E-state index contributed by atoms with van der Waals surface area (Å²) < 4.78 is 5.85. The zero-order valence-electron chi connectivity index (χ0n) is 27.6. The first kappa shape index (κ1) is 30.8. The maximum Gasteiger partial charge on any atom is 0.249 e. The molecule has 5 aliphatic heterocycles. The molecule has 1 atom stereocenters. The molecule has 2 aromatic carbocycles. The first-order valence-electron chi connectivity index (χ1n) is 16.6. The van der Waals surface area contributed by atoms with Gasteiger partial charge in [0.05, 0.1) is 7.11 Å². The van der Waals surface area contributed by atoms with Gasteiger partial charge in [-0.15, -0.1) is 11.3 Å². The second-order valence-corrected chi connectivity index (χ2v) is 14.9. The Hall–Kier alpha value is -4.54. The van der Waals surface area contributed by atoms with E-state index in [2.05, 4.69) is 70.2 Å². The van der Waals surface area contributed by atoms with Gasteiger partial charge >= 0.3 is 0 Å². The molecule has 8 rings (SSSR count). The molecule has 0 aliphatic carbocycles. The van der Waals surface area contributed by atoms with Gasteiger partial charge in [0.15, 0.2) is 0 Å². The van der Waals surface area contributed by atoms with Gasteiger partial charge in [0, 0.05) is 95.5 Å². The summed E-state index contributed by atoms with van der Waals surface area (Å²) in [5.41, 5.74) is 9.54. The lowest BCUT2D eigenvalue weighted by Crippen LogP contribution is -2.60. The van der Waals surface area contributed by atoms with Crippen LogP contribution >= 0.6 is 11.3 Å². The van der Waals surface area contributed by atoms with Gasteiger partial charge in [-0.25, -0.2) is 0 Å². The van der Waals surface area contributed by atoms with Crippen molar-refractivity contribution >= 4 is 45.8 Å². The van der Waals surface area contributed by atoms with Crippen molar-refractivity contribution in [1.82, 2.24) is 20.0 Å². The van der Waals surface area contributed by atoms with Gasteiger partial charge in [0.1, 0.15) is 17.5 Å². The van der Waals surface area contributed by atoms with E-state index in [9.17, 15) is 14.7 Å². The molecule has 2 N–H and O–H groups in total. The Labute approximate surface area is 285 Å². The number of ether oxygens (including phenoxy) is 1. The second-order valence-electron chi connectivity index (χ2n) is 14.0. The molecule has 2 amide bonds. The molecule has 0 radical (unpaired) electrons. The van der Waals surface area contributed by atoms with E-state index < -0.39 is 0 Å². The molecule has 248 valence electrons. The number of anilines is 1. The molecule has 0 bridgehead atoms. The van der Waals surface area contributed by atoms with Crippen LogP contribution in [0.2, 0.25) is 0 Å². The van der Waals surface area contributed by atoms with Crippen LogP contribution in [0.15, 0.2) is 61.1 Å². The fourth-order valence-electron chi connectivity index (χ4n) is 8.15. The van der Waals surface area contributed by atoms with Gasteiger partial charge < -0.3 is 24.5 Å². The molecule has 3 fully saturated rings. The highest BCUT2D eigenvalue weighted by molar-refractivity contribution is 7.11. The minimum absolute atomic E-state index is 0.198. The van der Waals surface area contributed by atoms with E-state index >= 15 is 0 Å². The Morgan fingerprint density at radius 2 is 1.85 bits per heavy atom. The van der Waals surface area contributed by atoms with Crippen LogP contribution < -0.4 is 15.0 Å². The first-order valence-corrected chi connectivity index (χ1v) is 17.5. The second kappa shape index (κ2) is 11.6. The van der Waals surface area contributed by atoms with Crippen LogP contribution in [0.1, 0.15) is 58.4 Å². The van der Waals surface area contributed by atoms with Crippen LogP contribution in [-0.2, 0) is 22.7 Å². The highest BCUT2D eigenvalue weighted by Crippen LogP contribution is 2.46. The van der Waals surface area contributed by atoms with Crippen LogP contribution in [0.3, 0.4) is 0 Å². The zero-order valence-corrected chi connectivity index (χ0v) is 28.4. The van der Waals surface area contributed by atoms with Gasteiger partial charge in [0.2, 0.25) is 11.8 Å². The lowest BCUT2D eigenvalue weighted by Gasteiger charge is -2.55. The number of aromatic hydroxyl groups is 1. The number of methoxy groups -OCH3 is 1. The van der Waals surface area contributed by atoms with E-state index in [1.165, 1.54) is 11.3 Å². The third-order valence-corrected chi connectivity index (χ3v) is 12.0. The first-order chi connectivity index (χ1) is 23.1. The SMILES string of the molecule is C=C1c2ccsc2C(c2cc(O)c(CN3CCC4(CC3)CN(c3ccc5c(c3)C(=C)N(C3CCC(=O)NC3=O)C5)C4)c(OC)c2)=CN1C. The number of imide groups is 1. The summed E-state index contributed by atoms with van der Waals surface area (Å²) in [6, 6.07) is 12.3. The Bertz CT molecular complexity index is 1900. The van der Waals surface area contributed by atoms with Crippen molar-refractivity contribution in [3.63, 3.8) is 0 Å². The molecule has 0 saturated carbocycles. The summed E-state index contributed by atoms with van der Waals surface area (Å²) in [6.45, 7) is 13.8. The predicted molar refractivity (Wildman–Crippen MR) is 189 cm³/mol. The average molecular weight is 664 g/mol. The number of phenols is 1. The number of carbonyl (C=O) groups excluding carboxylic acids is 2. The lowest BCUT2D eigenvalue weighted by molar-refractivity contribution is -0.136. The van der Waals surface area contributed by atoms with E-state index in [1.807, 2.05) is 22.9 Å². The standard InChI is InChI=1S/C38H41N5O4S/c1-23-28-9-14-48-36(28)30(19-40(23)3)26-15-33(44)31(34(16-26)47-4)20-41-12-10-38(11-13-41)21-42(22-38)27-6-5-25-18-43(24(2)29(25)17-27)32-7-8-35(45)39-37(32)46/h5-6,9,14-17,19,32,44H,1-2,7-8,10-13,18,20-22H2,3-4H3,(H,39,45,46). The quantitative estimate of drug-likeness (QED) is 0.337. The molecule has 1 aromatic heterocycles. The molecule has 6 heterocycles. The fraction of sp³-hybridized carbons (Fsp3) is 0.368. The Morgan fingerprint density at radius 1 is 1.06 bits per heavy atom. The van der Waals surface area contributed by atoms with Crippen LogP contribution in [0, 0.1) is 5.41 Å². The molecular weight excluding hydrogens is 623 g/mol. The van der Waals surface area contributed by atoms with Gasteiger partial charge in [-0.2, -0.15) is 0 Å². The molecule has 9 nitrogen and oxygen atoms in total. The van der Waals surface area contributed by atoms with Crippen LogP contribution in [-0.4, -0.2) is 78.0 Å². The number of likely N-dealkylation sites (tertiary alicyclic amines) is 1. The Kier molecular flexibility index (Phi) is 7.41. The molecule has 1 unspecified atom stereocenters. The Balaban J connectivity index is 0.901. The number of rotatable bonds is 6. The van der Waals surface area contributed by atoms with Crippen molar-refractivity contribution in [3.8, 4) is 11.5 Å². The molecule has 1 spiro atoms. The summed E-state index contributed by atoms with van der Waals surface area (Å²) in [5, 5.41) is 15.9. The van der Waals surface area contributed by atoms with Gasteiger partial charge in [-0.05, 0) is 79.2 Å². The number of hydrogen-bond donors (Lipinski definition) is 2. The number of benzene rings is 2. The fourth-order valence-corrected chi connectivity index (χ4v) is 9.10. The molecule has 3 saturated heterocycles. The summed E-state index contributed by atoms with van der Waals surface area (Å²) >= 11 is 1.68. The number of nitrogens with one attached hydrogen (secondary N) is 1. The van der Waals surface area contributed by atoms with Crippen LogP contribution in [0.5, 0.6) is 11.5 Å². The third kappa shape index (κ3) is 5.09. The van der Waals surface area contributed by atoms with E-state index in [1.54, 1.807) is 18.4 Å². The predicted octanol–water partition coefficient (Wildman–Crippen LogP) is 5.46. The number of hydrogen-bond acceptors (Lipinski definition) is 9. The van der Waals surface area contributed by atoms with Crippen molar-refractivity contribution in [3.05, 3.63) is 93.8 Å². The van der Waals surface area contributed by atoms with Crippen LogP contribution in [0.4, 0.5) is 5.69 Å². The minimum atomic E-state index is -0.352. The Morgan fingerprint density at radius 3 is 2.60 bits per heavy atom. The summed E-state index contributed by atoms with van der Waals surface area (Å²) in [5.74, 6) is 0.549. The monoisotopic (exact) mass is 663 g/mol. The summed E-state index contributed by atoms with van der Waals surface area (Å²) in [4.78, 5) is 34.3. The normalized spacial score (nSPS) is 22.0. The molecule has 48 heavy (non-hydrogen) atoms. The third-order valence-electron chi connectivity index (χ3n) is 11.1. The zero-order chi connectivity index (χ0) is 33.3. The van der Waals surface area contributed by atoms with E-state index in [0.29, 0.717) is 37.1 Å². The van der Waals surface area contributed by atoms with E-state index in [-0.39, 0.29) is 23.6 Å². The van der Waals surface area contributed by atoms with Crippen molar-refractivity contribution in [2.75, 3.05) is 45.2 Å². The van der Waals surface area contributed by atoms with Crippen molar-refractivity contribution in [1.29, 1.82) is 0 Å². The number of fused-ring (bicyclic) bond motifs is 2.